The van der Waals surface area contributed by atoms with E-state index in [0.717, 1.165) is 24.0 Å². The van der Waals surface area contributed by atoms with E-state index in [-0.39, 0.29) is 17.0 Å². The van der Waals surface area contributed by atoms with Crippen molar-refractivity contribution in [1.29, 1.82) is 0 Å². The van der Waals surface area contributed by atoms with Gasteiger partial charge in [-0.05, 0) is 50.5 Å². The summed E-state index contributed by atoms with van der Waals surface area (Å²) in [6.07, 6.45) is 2.06. The highest BCUT2D eigenvalue weighted by Crippen LogP contribution is 2.38. The SMILES string of the molecule is Cc1ccc(NS(=O)(=O)c2ccc3c(c2)oc(=O)n3Cc2noc(C3CC3)n2)c(C)c1. The number of benzene rings is 2. The van der Waals surface area contributed by atoms with Gasteiger partial charge in [0.05, 0.1) is 22.6 Å². The van der Waals surface area contributed by atoms with Crippen LogP contribution in [0.15, 0.2) is 55.0 Å². The van der Waals surface area contributed by atoms with Crippen LogP contribution in [0.25, 0.3) is 11.1 Å². The van der Waals surface area contributed by atoms with E-state index in [1.165, 1.54) is 16.7 Å². The zero-order valence-corrected chi connectivity index (χ0v) is 17.8. The van der Waals surface area contributed by atoms with Gasteiger partial charge < -0.3 is 8.94 Å². The first-order chi connectivity index (χ1) is 14.8. The molecule has 0 bridgehead atoms. The van der Waals surface area contributed by atoms with E-state index in [1.807, 2.05) is 26.0 Å². The van der Waals surface area contributed by atoms with Gasteiger partial charge in [0.25, 0.3) is 10.0 Å². The third kappa shape index (κ3) is 3.74. The van der Waals surface area contributed by atoms with E-state index in [1.54, 1.807) is 12.1 Å². The lowest BCUT2D eigenvalue weighted by molar-refractivity contribution is 0.372. The summed E-state index contributed by atoms with van der Waals surface area (Å²) in [5.74, 6) is 0.655. The molecule has 5 rings (SSSR count). The molecule has 1 aliphatic rings. The Morgan fingerprint density at radius 2 is 1.97 bits per heavy atom. The van der Waals surface area contributed by atoms with Gasteiger partial charge in [0.1, 0.15) is 0 Å². The Morgan fingerprint density at radius 3 is 2.71 bits per heavy atom. The van der Waals surface area contributed by atoms with Crippen molar-refractivity contribution >= 4 is 26.8 Å². The lowest BCUT2D eigenvalue weighted by Gasteiger charge is -2.11. The second-order valence-corrected chi connectivity index (χ2v) is 9.51. The lowest BCUT2D eigenvalue weighted by Crippen LogP contribution is -2.16. The van der Waals surface area contributed by atoms with Crippen LogP contribution in [0, 0.1) is 13.8 Å². The van der Waals surface area contributed by atoms with E-state index in [0.29, 0.717) is 28.8 Å². The minimum absolute atomic E-state index is 0.00328. The van der Waals surface area contributed by atoms with Crippen molar-refractivity contribution in [3.8, 4) is 0 Å². The molecule has 31 heavy (non-hydrogen) atoms. The molecule has 0 aliphatic heterocycles. The van der Waals surface area contributed by atoms with Gasteiger partial charge in [0.2, 0.25) is 5.89 Å². The predicted octanol–water partition coefficient (Wildman–Crippen LogP) is 3.32. The number of hydrogen-bond acceptors (Lipinski definition) is 7. The first-order valence-electron chi connectivity index (χ1n) is 9.86. The second-order valence-electron chi connectivity index (χ2n) is 7.83. The Labute approximate surface area is 177 Å². The first kappa shape index (κ1) is 19.6. The van der Waals surface area contributed by atoms with E-state index < -0.39 is 15.8 Å². The van der Waals surface area contributed by atoms with Gasteiger partial charge in [-0.1, -0.05) is 22.9 Å². The minimum atomic E-state index is -3.86. The number of sulfonamides is 1. The summed E-state index contributed by atoms with van der Waals surface area (Å²) in [4.78, 5) is 16.7. The summed E-state index contributed by atoms with van der Waals surface area (Å²) in [7, 11) is -3.86. The van der Waals surface area contributed by atoms with Crippen molar-refractivity contribution in [2.24, 2.45) is 0 Å². The Balaban J connectivity index is 1.45. The van der Waals surface area contributed by atoms with E-state index in [4.69, 9.17) is 8.94 Å². The molecule has 1 fully saturated rings. The van der Waals surface area contributed by atoms with Crippen LogP contribution in [-0.2, 0) is 16.6 Å². The number of fused-ring (bicyclic) bond motifs is 1. The summed E-state index contributed by atoms with van der Waals surface area (Å²) < 4.78 is 40.2. The maximum Gasteiger partial charge on any atom is 0.420 e. The molecule has 2 aromatic heterocycles. The molecule has 160 valence electrons. The van der Waals surface area contributed by atoms with Gasteiger partial charge in [-0.15, -0.1) is 0 Å². The topological polar surface area (TPSA) is 120 Å². The zero-order chi connectivity index (χ0) is 21.8. The average molecular weight is 440 g/mol. The number of aryl methyl sites for hydroxylation is 2. The monoisotopic (exact) mass is 440 g/mol. The molecule has 9 nitrogen and oxygen atoms in total. The summed E-state index contributed by atoms with van der Waals surface area (Å²) in [5, 5.41) is 3.92. The maximum absolute atomic E-state index is 12.9. The highest BCUT2D eigenvalue weighted by molar-refractivity contribution is 7.92. The summed E-state index contributed by atoms with van der Waals surface area (Å²) in [6.45, 7) is 3.85. The number of nitrogens with zero attached hydrogens (tertiary/aromatic N) is 3. The van der Waals surface area contributed by atoms with Gasteiger partial charge in [0, 0.05) is 12.0 Å². The molecule has 0 saturated heterocycles. The molecule has 0 atom stereocenters. The quantitative estimate of drug-likeness (QED) is 0.488. The van der Waals surface area contributed by atoms with Gasteiger partial charge in [-0.25, -0.2) is 13.2 Å². The fourth-order valence-electron chi connectivity index (χ4n) is 3.46. The molecule has 1 aliphatic carbocycles. The fraction of sp³-hybridized carbons (Fsp3) is 0.286. The summed E-state index contributed by atoms with van der Waals surface area (Å²) >= 11 is 0. The van der Waals surface area contributed by atoms with Crippen molar-refractivity contribution in [1.82, 2.24) is 14.7 Å². The Hall–Kier alpha value is -3.40. The number of hydrogen-bond donors (Lipinski definition) is 1. The first-order valence-corrected chi connectivity index (χ1v) is 11.3. The Kier molecular flexibility index (Phi) is 4.47. The Bertz CT molecular complexity index is 1460. The van der Waals surface area contributed by atoms with Gasteiger partial charge in [-0.3, -0.25) is 9.29 Å². The second kappa shape index (κ2) is 7.09. The molecule has 0 spiro atoms. The number of aromatic nitrogens is 3. The van der Waals surface area contributed by atoms with E-state index in [2.05, 4.69) is 14.9 Å². The standard InChI is InChI=1S/C21H20N4O5S/c1-12-3-7-16(13(2)9-12)24-31(27,28)15-6-8-17-18(10-15)29-21(26)25(17)11-19-22-20(30-23-19)14-4-5-14/h3,6-10,14,24H,4-5,11H2,1-2H3. The predicted molar refractivity (Wildman–Crippen MR) is 113 cm³/mol. The molecule has 0 amide bonds. The summed E-state index contributed by atoms with van der Waals surface area (Å²) in [5.41, 5.74) is 2.96. The zero-order valence-electron chi connectivity index (χ0n) is 17.0. The molecule has 0 unspecified atom stereocenters. The fourth-order valence-corrected chi connectivity index (χ4v) is 4.61. The molecular weight excluding hydrogens is 420 g/mol. The molecule has 2 aromatic carbocycles. The lowest BCUT2D eigenvalue weighted by atomic mass is 10.1. The van der Waals surface area contributed by atoms with Crippen LogP contribution in [-0.4, -0.2) is 23.1 Å². The van der Waals surface area contributed by atoms with Crippen molar-refractivity contribution in [3.05, 3.63) is 69.8 Å². The van der Waals surface area contributed by atoms with Crippen molar-refractivity contribution in [3.63, 3.8) is 0 Å². The molecule has 2 heterocycles. The molecule has 1 N–H and O–H groups in total. The van der Waals surface area contributed by atoms with Crippen molar-refractivity contribution in [2.45, 2.75) is 44.0 Å². The third-order valence-electron chi connectivity index (χ3n) is 5.29. The molecule has 4 aromatic rings. The number of oxazole rings is 1. The molecular formula is C21H20N4O5S. The number of rotatable bonds is 6. The van der Waals surface area contributed by atoms with Crippen molar-refractivity contribution in [2.75, 3.05) is 4.72 Å². The Morgan fingerprint density at radius 1 is 1.16 bits per heavy atom. The molecule has 1 saturated carbocycles. The van der Waals surface area contributed by atoms with Crippen LogP contribution in [0.5, 0.6) is 0 Å². The van der Waals surface area contributed by atoms with Crippen molar-refractivity contribution < 1.29 is 17.4 Å². The van der Waals surface area contributed by atoms with E-state index >= 15 is 0 Å². The van der Waals surface area contributed by atoms with Gasteiger partial charge in [-0.2, -0.15) is 4.98 Å². The highest BCUT2D eigenvalue weighted by atomic mass is 32.2. The minimum Gasteiger partial charge on any atom is -0.408 e. The van der Waals surface area contributed by atoms with E-state index in [9.17, 15) is 13.2 Å². The van der Waals surface area contributed by atoms with Crippen LogP contribution in [0.1, 0.15) is 41.6 Å². The van der Waals surface area contributed by atoms with Crippen LogP contribution in [0.2, 0.25) is 0 Å². The maximum atomic E-state index is 12.9. The molecule has 0 radical (unpaired) electrons. The average Bonchev–Trinajstić information content (AvgIpc) is 3.39. The highest BCUT2D eigenvalue weighted by Gasteiger charge is 2.30. The van der Waals surface area contributed by atoms with Gasteiger partial charge >= 0.3 is 5.76 Å². The molecule has 10 heteroatoms. The third-order valence-corrected chi connectivity index (χ3v) is 6.65. The van der Waals surface area contributed by atoms with Crippen LogP contribution >= 0.6 is 0 Å². The summed E-state index contributed by atoms with van der Waals surface area (Å²) in [6, 6.07) is 9.76. The van der Waals surface area contributed by atoms with Crippen LogP contribution in [0.4, 0.5) is 5.69 Å². The number of nitrogens with one attached hydrogen (secondary N) is 1. The number of anilines is 1. The smallest absolute Gasteiger partial charge is 0.408 e. The van der Waals surface area contributed by atoms with Gasteiger partial charge in [0.15, 0.2) is 11.4 Å². The normalized spacial score (nSPS) is 14.3. The van der Waals surface area contributed by atoms with Crippen LogP contribution in [0.3, 0.4) is 0 Å². The largest absolute Gasteiger partial charge is 0.420 e. The van der Waals surface area contributed by atoms with Crippen LogP contribution < -0.4 is 10.5 Å².